The van der Waals surface area contributed by atoms with Gasteiger partial charge in [0.25, 0.3) is 5.91 Å². The molecule has 1 aliphatic rings. The molecule has 0 spiro atoms. The fraction of sp³-hybridized carbons (Fsp3) is 0.348. The lowest BCUT2D eigenvalue weighted by Gasteiger charge is -2.28. The maximum atomic E-state index is 13.6. The number of sulfone groups is 1. The van der Waals surface area contributed by atoms with Crippen LogP contribution in [-0.2, 0) is 16.4 Å². The number of benzene rings is 2. The van der Waals surface area contributed by atoms with Gasteiger partial charge < -0.3 is 14.1 Å². The Labute approximate surface area is 186 Å². The number of methoxy groups -OCH3 is 1. The number of hydrogen-bond acceptors (Lipinski definition) is 5. The first-order chi connectivity index (χ1) is 14.7. The number of amides is 1. The molecule has 31 heavy (non-hydrogen) atoms. The van der Waals surface area contributed by atoms with E-state index in [0.29, 0.717) is 28.3 Å². The summed E-state index contributed by atoms with van der Waals surface area (Å²) in [5.41, 5.74) is 2.99. The van der Waals surface area contributed by atoms with Crippen molar-refractivity contribution in [2.24, 2.45) is 0 Å². The van der Waals surface area contributed by atoms with Crippen molar-refractivity contribution < 1.29 is 22.4 Å². The highest BCUT2D eigenvalue weighted by Gasteiger charge is 2.36. The van der Waals surface area contributed by atoms with Crippen molar-refractivity contribution in [3.63, 3.8) is 0 Å². The van der Waals surface area contributed by atoms with E-state index in [1.807, 2.05) is 44.2 Å². The summed E-state index contributed by atoms with van der Waals surface area (Å²) >= 11 is 6.27. The molecular weight excluding hydrogens is 438 g/mol. The third kappa shape index (κ3) is 4.29. The number of fused-ring (bicyclic) bond motifs is 1. The first kappa shape index (κ1) is 21.7. The molecule has 1 saturated heterocycles. The van der Waals surface area contributed by atoms with Gasteiger partial charge in [-0.05, 0) is 55.7 Å². The Morgan fingerprint density at radius 3 is 2.71 bits per heavy atom. The summed E-state index contributed by atoms with van der Waals surface area (Å²) in [5, 5.41) is 1.38. The summed E-state index contributed by atoms with van der Waals surface area (Å²) in [6, 6.07) is 10.6. The SMILES string of the molecule is COc1cccc(CN(C(=O)c2oc3cc(C)c(Cl)cc3c2C)[C@@H]2CCS(=O)(=O)C2)c1. The summed E-state index contributed by atoms with van der Waals surface area (Å²) in [7, 11) is -1.59. The van der Waals surface area contributed by atoms with E-state index in [4.69, 9.17) is 20.8 Å². The minimum Gasteiger partial charge on any atom is -0.497 e. The summed E-state index contributed by atoms with van der Waals surface area (Å²) in [4.78, 5) is 15.2. The van der Waals surface area contributed by atoms with Crippen LogP contribution < -0.4 is 4.74 Å². The predicted octanol–water partition coefficient (Wildman–Crippen LogP) is 4.54. The average Bonchev–Trinajstić information content (AvgIpc) is 3.25. The molecule has 0 aliphatic carbocycles. The van der Waals surface area contributed by atoms with E-state index in [2.05, 4.69) is 0 Å². The quantitative estimate of drug-likeness (QED) is 0.557. The molecule has 0 N–H and O–H groups in total. The van der Waals surface area contributed by atoms with Gasteiger partial charge in [-0.25, -0.2) is 8.42 Å². The molecule has 6 nitrogen and oxygen atoms in total. The van der Waals surface area contributed by atoms with Gasteiger partial charge in [-0.1, -0.05) is 23.7 Å². The molecule has 0 radical (unpaired) electrons. The lowest BCUT2D eigenvalue weighted by Crippen LogP contribution is -2.40. The van der Waals surface area contributed by atoms with Gasteiger partial charge in [-0.2, -0.15) is 0 Å². The van der Waals surface area contributed by atoms with Crippen molar-refractivity contribution in [1.82, 2.24) is 4.90 Å². The van der Waals surface area contributed by atoms with Crippen LogP contribution in [0, 0.1) is 13.8 Å². The molecule has 4 rings (SSSR count). The highest BCUT2D eigenvalue weighted by molar-refractivity contribution is 7.91. The first-order valence-electron chi connectivity index (χ1n) is 10.0. The summed E-state index contributed by atoms with van der Waals surface area (Å²) in [5.74, 6) is 0.589. The van der Waals surface area contributed by atoms with Gasteiger partial charge in [0.2, 0.25) is 0 Å². The Bertz CT molecular complexity index is 1260. The third-order valence-electron chi connectivity index (χ3n) is 5.81. The van der Waals surface area contributed by atoms with Crippen molar-refractivity contribution >= 4 is 38.3 Å². The van der Waals surface area contributed by atoms with E-state index < -0.39 is 15.9 Å². The predicted molar refractivity (Wildman–Crippen MR) is 121 cm³/mol. The topological polar surface area (TPSA) is 76.8 Å². The molecule has 1 atom stereocenters. The molecule has 0 unspecified atom stereocenters. The van der Waals surface area contributed by atoms with Crippen molar-refractivity contribution in [3.8, 4) is 5.75 Å². The molecular formula is C23H24ClNO5S. The molecule has 1 aromatic heterocycles. The van der Waals surface area contributed by atoms with Gasteiger partial charge in [0.05, 0.1) is 18.6 Å². The second-order valence-electron chi connectivity index (χ2n) is 8.00. The molecule has 1 fully saturated rings. The van der Waals surface area contributed by atoms with Crippen molar-refractivity contribution in [3.05, 3.63) is 63.9 Å². The van der Waals surface area contributed by atoms with Crippen molar-refractivity contribution in [1.29, 1.82) is 0 Å². The monoisotopic (exact) mass is 461 g/mol. The van der Waals surface area contributed by atoms with Crippen molar-refractivity contribution in [2.75, 3.05) is 18.6 Å². The average molecular weight is 462 g/mol. The number of hydrogen-bond donors (Lipinski definition) is 0. The van der Waals surface area contributed by atoms with E-state index in [1.54, 1.807) is 18.1 Å². The standard InChI is InChI=1S/C23H24ClNO5S/c1-14-9-21-19(11-20(14)24)15(2)22(30-21)23(26)25(17-7-8-31(27,28)13-17)12-16-5-4-6-18(10-16)29-3/h4-6,9-11,17H,7-8,12-13H2,1-3H3/t17-/m1/s1. The van der Waals surface area contributed by atoms with Gasteiger partial charge in [0, 0.05) is 28.6 Å². The number of carbonyl (C=O) groups excluding carboxylic acids is 1. The Hall–Kier alpha value is -2.51. The number of rotatable bonds is 5. The third-order valence-corrected chi connectivity index (χ3v) is 7.97. The maximum Gasteiger partial charge on any atom is 0.290 e. The minimum atomic E-state index is -3.17. The zero-order chi connectivity index (χ0) is 22.3. The number of nitrogens with zero attached hydrogens (tertiary/aromatic N) is 1. The highest BCUT2D eigenvalue weighted by Crippen LogP contribution is 2.32. The van der Waals surface area contributed by atoms with Crippen LogP contribution in [0.15, 0.2) is 40.8 Å². The fourth-order valence-corrected chi connectivity index (χ4v) is 5.93. The first-order valence-corrected chi connectivity index (χ1v) is 12.2. The summed E-state index contributed by atoms with van der Waals surface area (Å²) in [6.45, 7) is 3.95. The molecule has 1 aliphatic heterocycles. The number of carbonyl (C=O) groups is 1. The molecule has 164 valence electrons. The summed E-state index contributed by atoms with van der Waals surface area (Å²) < 4.78 is 35.5. The van der Waals surface area contributed by atoms with Crippen LogP contribution in [-0.4, -0.2) is 43.9 Å². The van der Waals surface area contributed by atoms with E-state index in [-0.39, 0.29) is 29.7 Å². The fourth-order valence-electron chi connectivity index (χ4n) is 4.03. The van der Waals surface area contributed by atoms with Gasteiger partial charge in [0.15, 0.2) is 15.6 Å². The second-order valence-corrected chi connectivity index (χ2v) is 10.6. The molecule has 8 heteroatoms. The maximum absolute atomic E-state index is 13.6. The van der Waals surface area contributed by atoms with Crippen LogP contribution in [0.4, 0.5) is 0 Å². The van der Waals surface area contributed by atoms with Crippen LogP contribution in [0.2, 0.25) is 5.02 Å². The van der Waals surface area contributed by atoms with Crippen LogP contribution in [0.25, 0.3) is 11.0 Å². The Balaban J connectivity index is 1.75. The molecule has 2 heterocycles. The van der Waals surface area contributed by atoms with Crippen LogP contribution in [0.5, 0.6) is 5.75 Å². The van der Waals surface area contributed by atoms with Crippen LogP contribution in [0.3, 0.4) is 0 Å². The van der Waals surface area contributed by atoms with Gasteiger partial charge in [-0.15, -0.1) is 0 Å². The van der Waals surface area contributed by atoms with E-state index in [1.165, 1.54) is 0 Å². The summed E-state index contributed by atoms with van der Waals surface area (Å²) in [6.07, 6.45) is 0.405. The minimum absolute atomic E-state index is 0.0487. The van der Waals surface area contributed by atoms with Crippen LogP contribution in [0.1, 0.15) is 33.7 Å². The normalized spacial score (nSPS) is 17.7. The Morgan fingerprint density at radius 1 is 1.26 bits per heavy atom. The molecule has 1 amide bonds. The highest BCUT2D eigenvalue weighted by atomic mass is 35.5. The molecule has 0 saturated carbocycles. The smallest absolute Gasteiger partial charge is 0.290 e. The van der Waals surface area contributed by atoms with E-state index in [9.17, 15) is 13.2 Å². The molecule has 0 bridgehead atoms. The molecule has 2 aromatic carbocycles. The van der Waals surface area contributed by atoms with E-state index >= 15 is 0 Å². The molecule has 3 aromatic rings. The lowest BCUT2D eigenvalue weighted by atomic mass is 10.1. The van der Waals surface area contributed by atoms with Gasteiger partial charge >= 0.3 is 0 Å². The Kier molecular flexibility index (Phi) is 5.75. The zero-order valence-corrected chi connectivity index (χ0v) is 19.2. The largest absolute Gasteiger partial charge is 0.497 e. The second kappa shape index (κ2) is 8.20. The number of furan rings is 1. The zero-order valence-electron chi connectivity index (χ0n) is 17.6. The van der Waals surface area contributed by atoms with Crippen LogP contribution >= 0.6 is 11.6 Å². The van der Waals surface area contributed by atoms with E-state index in [0.717, 1.165) is 16.5 Å². The number of halogens is 1. The number of aryl methyl sites for hydroxylation is 2. The van der Waals surface area contributed by atoms with Gasteiger partial charge in [-0.3, -0.25) is 4.79 Å². The lowest BCUT2D eigenvalue weighted by molar-refractivity contribution is 0.0649. The van der Waals surface area contributed by atoms with Crippen molar-refractivity contribution in [2.45, 2.75) is 32.9 Å². The van der Waals surface area contributed by atoms with Gasteiger partial charge in [0.1, 0.15) is 11.3 Å². The number of ether oxygens (including phenoxy) is 1. The Morgan fingerprint density at radius 2 is 2.03 bits per heavy atom.